The van der Waals surface area contributed by atoms with Crippen molar-refractivity contribution in [2.24, 2.45) is 0 Å². The lowest BCUT2D eigenvalue weighted by atomic mass is 10.0. The number of Topliss-reactive ketones (excluding diaryl/α,β-unsaturated/α-hetero) is 1. The highest BCUT2D eigenvalue weighted by molar-refractivity contribution is 6.48. The highest BCUT2D eigenvalue weighted by atomic mass is 19.1. The lowest BCUT2D eigenvalue weighted by molar-refractivity contribution is -0.112. The number of hydrogen-bond donors (Lipinski definition) is 2. The standard InChI is InChI=1S/C19H17FN2O2/c1-3-12-6-4-5-11(2)17(12)22-19(24)18(23)15-10-21-16-9-13(20)7-8-14(15)16/h4-10,21H,3H2,1-2H3,(H,22,24). The molecule has 24 heavy (non-hydrogen) atoms. The van der Waals surface area contributed by atoms with Gasteiger partial charge in [0.2, 0.25) is 0 Å². The van der Waals surface area contributed by atoms with Gasteiger partial charge in [0.1, 0.15) is 5.82 Å². The molecule has 0 bridgehead atoms. The molecule has 122 valence electrons. The molecule has 3 rings (SSSR count). The molecule has 5 heteroatoms. The third kappa shape index (κ3) is 2.80. The quantitative estimate of drug-likeness (QED) is 0.563. The van der Waals surface area contributed by atoms with E-state index in [0.29, 0.717) is 16.6 Å². The van der Waals surface area contributed by atoms with E-state index >= 15 is 0 Å². The second-order valence-corrected chi connectivity index (χ2v) is 5.64. The number of aromatic amines is 1. The van der Waals surface area contributed by atoms with E-state index in [1.54, 1.807) is 0 Å². The zero-order valence-electron chi connectivity index (χ0n) is 13.4. The van der Waals surface area contributed by atoms with Gasteiger partial charge < -0.3 is 10.3 Å². The third-order valence-electron chi connectivity index (χ3n) is 4.07. The Morgan fingerprint density at radius 3 is 2.75 bits per heavy atom. The number of benzene rings is 2. The zero-order chi connectivity index (χ0) is 17.3. The molecular formula is C19H17FN2O2. The predicted octanol–water partition coefficient (Wildman–Crippen LogP) is 4.00. The van der Waals surface area contributed by atoms with E-state index in [4.69, 9.17) is 0 Å². The van der Waals surface area contributed by atoms with Gasteiger partial charge in [-0.25, -0.2) is 4.39 Å². The number of anilines is 1. The lowest BCUT2D eigenvalue weighted by Gasteiger charge is -2.12. The van der Waals surface area contributed by atoms with E-state index < -0.39 is 17.5 Å². The van der Waals surface area contributed by atoms with Crippen molar-refractivity contribution in [1.29, 1.82) is 0 Å². The fourth-order valence-electron chi connectivity index (χ4n) is 2.78. The average molecular weight is 324 g/mol. The zero-order valence-corrected chi connectivity index (χ0v) is 13.4. The van der Waals surface area contributed by atoms with Crippen molar-refractivity contribution in [1.82, 2.24) is 4.98 Å². The van der Waals surface area contributed by atoms with Gasteiger partial charge in [-0.1, -0.05) is 25.1 Å². The van der Waals surface area contributed by atoms with Crippen LogP contribution in [-0.2, 0) is 11.2 Å². The third-order valence-corrected chi connectivity index (χ3v) is 4.07. The van der Waals surface area contributed by atoms with Gasteiger partial charge in [0.15, 0.2) is 0 Å². The van der Waals surface area contributed by atoms with Gasteiger partial charge in [-0.05, 0) is 42.7 Å². The first-order chi connectivity index (χ1) is 11.5. The van der Waals surface area contributed by atoms with Gasteiger partial charge in [0, 0.05) is 22.8 Å². The molecule has 0 aliphatic heterocycles. The fraction of sp³-hybridized carbons (Fsp3) is 0.158. The fourth-order valence-corrected chi connectivity index (χ4v) is 2.78. The number of carbonyl (C=O) groups is 2. The van der Waals surface area contributed by atoms with Crippen LogP contribution in [0.5, 0.6) is 0 Å². The summed E-state index contributed by atoms with van der Waals surface area (Å²) in [6.07, 6.45) is 2.18. The summed E-state index contributed by atoms with van der Waals surface area (Å²) in [5, 5.41) is 3.24. The number of carbonyl (C=O) groups excluding carboxylic acids is 2. The van der Waals surface area contributed by atoms with E-state index in [-0.39, 0.29) is 5.56 Å². The molecule has 4 nitrogen and oxygen atoms in total. The van der Waals surface area contributed by atoms with Crippen LogP contribution in [0.1, 0.15) is 28.4 Å². The summed E-state index contributed by atoms with van der Waals surface area (Å²) in [6.45, 7) is 3.87. The molecule has 3 aromatic rings. The first-order valence-electron chi connectivity index (χ1n) is 7.72. The maximum absolute atomic E-state index is 13.2. The van der Waals surface area contributed by atoms with Gasteiger partial charge in [0.25, 0.3) is 11.7 Å². The Morgan fingerprint density at radius 2 is 2.00 bits per heavy atom. The molecule has 1 heterocycles. The van der Waals surface area contributed by atoms with Gasteiger partial charge in [-0.2, -0.15) is 0 Å². The SMILES string of the molecule is CCc1cccc(C)c1NC(=O)C(=O)c1c[nH]c2cc(F)ccc12. The van der Waals surface area contributed by atoms with Crippen molar-refractivity contribution >= 4 is 28.3 Å². The molecule has 2 aromatic carbocycles. The highest BCUT2D eigenvalue weighted by Gasteiger charge is 2.21. The number of amides is 1. The van der Waals surface area contributed by atoms with Crippen LogP contribution in [0.3, 0.4) is 0 Å². The molecule has 1 aromatic heterocycles. The molecule has 0 spiro atoms. The molecule has 0 atom stereocenters. The number of fused-ring (bicyclic) bond motifs is 1. The Hall–Kier alpha value is -2.95. The Bertz CT molecular complexity index is 944. The van der Waals surface area contributed by atoms with Crippen LogP contribution in [0, 0.1) is 12.7 Å². The molecule has 0 fully saturated rings. The Kier molecular flexibility index (Phi) is 4.16. The number of rotatable bonds is 4. The minimum atomic E-state index is -0.704. The van der Waals surface area contributed by atoms with Crippen molar-refractivity contribution in [3.63, 3.8) is 0 Å². The minimum Gasteiger partial charge on any atom is -0.360 e. The minimum absolute atomic E-state index is 0.231. The highest BCUT2D eigenvalue weighted by Crippen LogP contribution is 2.23. The maximum Gasteiger partial charge on any atom is 0.296 e. The van der Waals surface area contributed by atoms with Gasteiger partial charge in [-0.15, -0.1) is 0 Å². The normalized spacial score (nSPS) is 10.8. The summed E-state index contributed by atoms with van der Waals surface area (Å²) in [7, 11) is 0. The summed E-state index contributed by atoms with van der Waals surface area (Å²) in [4.78, 5) is 27.7. The van der Waals surface area contributed by atoms with E-state index in [1.165, 1.54) is 24.4 Å². The number of nitrogens with one attached hydrogen (secondary N) is 2. The average Bonchev–Trinajstić information content (AvgIpc) is 2.98. The number of aromatic nitrogens is 1. The Labute approximate surface area is 138 Å². The van der Waals surface area contributed by atoms with Crippen LogP contribution in [0.25, 0.3) is 10.9 Å². The molecule has 0 saturated carbocycles. The Balaban J connectivity index is 1.91. The van der Waals surface area contributed by atoms with Gasteiger partial charge in [0.05, 0.1) is 5.56 Å². The number of H-pyrrole nitrogens is 1. The molecule has 1 amide bonds. The van der Waals surface area contributed by atoms with Crippen molar-refractivity contribution in [3.8, 4) is 0 Å². The largest absolute Gasteiger partial charge is 0.360 e. The van der Waals surface area contributed by atoms with Crippen LogP contribution in [0.4, 0.5) is 10.1 Å². The first-order valence-corrected chi connectivity index (χ1v) is 7.72. The van der Waals surface area contributed by atoms with E-state index in [1.807, 2.05) is 32.0 Å². The van der Waals surface area contributed by atoms with Crippen molar-refractivity contribution in [2.45, 2.75) is 20.3 Å². The Morgan fingerprint density at radius 1 is 1.21 bits per heavy atom. The lowest BCUT2D eigenvalue weighted by Crippen LogP contribution is -2.23. The summed E-state index contributed by atoms with van der Waals surface area (Å²) in [6, 6.07) is 9.77. The van der Waals surface area contributed by atoms with Crippen LogP contribution in [0.15, 0.2) is 42.6 Å². The summed E-state index contributed by atoms with van der Waals surface area (Å²) in [5.74, 6) is -1.76. The smallest absolute Gasteiger partial charge is 0.296 e. The monoisotopic (exact) mass is 324 g/mol. The van der Waals surface area contributed by atoms with Crippen LogP contribution in [0.2, 0.25) is 0 Å². The second-order valence-electron chi connectivity index (χ2n) is 5.64. The molecule has 2 N–H and O–H groups in total. The van der Waals surface area contributed by atoms with Crippen molar-refractivity contribution in [3.05, 3.63) is 65.1 Å². The van der Waals surface area contributed by atoms with Crippen LogP contribution in [-0.4, -0.2) is 16.7 Å². The van der Waals surface area contributed by atoms with Crippen LogP contribution >= 0.6 is 0 Å². The second kappa shape index (κ2) is 6.28. The molecular weight excluding hydrogens is 307 g/mol. The first kappa shape index (κ1) is 15.9. The molecule has 0 unspecified atom stereocenters. The summed E-state index contributed by atoms with van der Waals surface area (Å²) < 4.78 is 13.2. The van der Waals surface area contributed by atoms with E-state index in [2.05, 4.69) is 10.3 Å². The molecule has 0 saturated heterocycles. The molecule has 0 radical (unpaired) electrons. The maximum atomic E-state index is 13.2. The molecule has 0 aliphatic rings. The predicted molar refractivity (Wildman–Crippen MR) is 91.8 cm³/mol. The van der Waals surface area contributed by atoms with Crippen molar-refractivity contribution < 1.29 is 14.0 Å². The van der Waals surface area contributed by atoms with Gasteiger partial charge >= 0.3 is 0 Å². The number of ketones is 1. The summed E-state index contributed by atoms with van der Waals surface area (Å²) in [5.41, 5.74) is 3.25. The number of aryl methyl sites for hydroxylation is 2. The molecule has 0 aliphatic carbocycles. The van der Waals surface area contributed by atoms with E-state index in [9.17, 15) is 14.0 Å². The summed E-state index contributed by atoms with van der Waals surface area (Å²) >= 11 is 0. The van der Waals surface area contributed by atoms with Crippen LogP contribution < -0.4 is 5.32 Å². The van der Waals surface area contributed by atoms with Gasteiger partial charge in [-0.3, -0.25) is 9.59 Å². The van der Waals surface area contributed by atoms with E-state index in [0.717, 1.165) is 17.5 Å². The number of hydrogen-bond acceptors (Lipinski definition) is 2. The topological polar surface area (TPSA) is 62.0 Å². The number of halogens is 1. The number of para-hydroxylation sites is 1. The van der Waals surface area contributed by atoms with Crippen molar-refractivity contribution in [2.75, 3.05) is 5.32 Å².